The van der Waals surface area contributed by atoms with Gasteiger partial charge in [0.15, 0.2) is 5.82 Å². The summed E-state index contributed by atoms with van der Waals surface area (Å²) in [6.45, 7) is 4.46. The lowest BCUT2D eigenvalue weighted by Crippen LogP contribution is -2.24. The second-order valence-corrected chi connectivity index (χ2v) is 5.65. The monoisotopic (exact) mass is 305 g/mol. The Balaban J connectivity index is 1.82. The maximum absolute atomic E-state index is 12.2. The molecule has 1 amide bonds. The molecule has 21 heavy (non-hydrogen) atoms. The second-order valence-electron chi connectivity index (χ2n) is 5.24. The van der Waals surface area contributed by atoms with Crippen LogP contribution in [0.3, 0.4) is 0 Å². The first-order valence-corrected chi connectivity index (χ1v) is 7.35. The number of rotatable bonds is 3. The van der Waals surface area contributed by atoms with E-state index in [1.165, 1.54) is 0 Å². The summed E-state index contributed by atoms with van der Waals surface area (Å²) in [5, 5.41) is 4.59. The van der Waals surface area contributed by atoms with Crippen molar-refractivity contribution in [3.8, 4) is 0 Å². The number of anilines is 1. The first-order chi connectivity index (χ1) is 10.1. The van der Waals surface area contributed by atoms with Gasteiger partial charge in [-0.15, -0.1) is 0 Å². The third-order valence-electron chi connectivity index (χ3n) is 3.73. The van der Waals surface area contributed by atoms with Crippen LogP contribution in [0.2, 0.25) is 5.02 Å². The molecule has 0 radical (unpaired) electrons. The first-order valence-electron chi connectivity index (χ1n) is 6.97. The highest BCUT2D eigenvalue weighted by Crippen LogP contribution is 2.32. The Bertz CT molecular complexity index is 683. The van der Waals surface area contributed by atoms with Crippen LogP contribution in [0.5, 0.6) is 0 Å². The van der Waals surface area contributed by atoms with Gasteiger partial charge in [-0.25, -0.2) is 0 Å². The summed E-state index contributed by atoms with van der Waals surface area (Å²) in [7, 11) is 0. The van der Waals surface area contributed by atoms with E-state index in [-0.39, 0.29) is 11.8 Å². The molecule has 0 N–H and O–H groups in total. The number of hydrogen-bond donors (Lipinski definition) is 0. The summed E-state index contributed by atoms with van der Waals surface area (Å²) in [5.74, 6) is 1.26. The van der Waals surface area contributed by atoms with E-state index in [2.05, 4.69) is 10.1 Å². The fourth-order valence-corrected chi connectivity index (χ4v) is 2.61. The Morgan fingerprint density at radius 3 is 2.95 bits per heavy atom. The van der Waals surface area contributed by atoms with Gasteiger partial charge in [-0.2, -0.15) is 4.98 Å². The van der Waals surface area contributed by atoms with Crippen LogP contribution in [0.15, 0.2) is 22.7 Å². The molecule has 1 aliphatic heterocycles. The smallest absolute Gasteiger partial charge is 0.232 e. The number of carbonyl (C=O) groups excluding carboxylic acids is 1. The zero-order chi connectivity index (χ0) is 15.0. The molecule has 1 unspecified atom stereocenters. The molecule has 6 heteroatoms. The Morgan fingerprint density at radius 1 is 1.48 bits per heavy atom. The average molecular weight is 306 g/mol. The summed E-state index contributed by atoms with van der Waals surface area (Å²) in [5.41, 5.74) is 1.82. The predicted molar refractivity (Wildman–Crippen MR) is 79.6 cm³/mol. The van der Waals surface area contributed by atoms with Gasteiger partial charge in [0.05, 0.1) is 5.92 Å². The highest BCUT2D eigenvalue weighted by atomic mass is 35.5. The van der Waals surface area contributed by atoms with Crippen molar-refractivity contribution in [3.63, 3.8) is 0 Å². The zero-order valence-electron chi connectivity index (χ0n) is 12.0. The van der Waals surface area contributed by atoms with Gasteiger partial charge >= 0.3 is 0 Å². The number of nitrogens with zero attached hydrogens (tertiary/aromatic N) is 3. The minimum absolute atomic E-state index is 0.0405. The molecule has 1 saturated heterocycles. The van der Waals surface area contributed by atoms with Gasteiger partial charge in [0.2, 0.25) is 11.8 Å². The quantitative estimate of drug-likeness (QED) is 0.874. The van der Waals surface area contributed by atoms with Gasteiger partial charge in [0.1, 0.15) is 0 Å². The summed E-state index contributed by atoms with van der Waals surface area (Å²) < 4.78 is 5.25. The molecule has 1 aromatic heterocycles. The Kier molecular flexibility index (Phi) is 3.68. The summed E-state index contributed by atoms with van der Waals surface area (Å²) in [4.78, 5) is 18.3. The lowest BCUT2D eigenvalue weighted by atomic mass is 10.1. The van der Waals surface area contributed by atoms with Crippen LogP contribution in [-0.4, -0.2) is 22.6 Å². The van der Waals surface area contributed by atoms with E-state index >= 15 is 0 Å². The number of carbonyl (C=O) groups is 1. The van der Waals surface area contributed by atoms with Crippen LogP contribution < -0.4 is 4.90 Å². The van der Waals surface area contributed by atoms with Crippen LogP contribution >= 0.6 is 11.6 Å². The molecule has 110 valence electrons. The van der Waals surface area contributed by atoms with E-state index in [0.29, 0.717) is 29.7 Å². The topological polar surface area (TPSA) is 59.2 Å². The van der Waals surface area contributed by atoms with Crippen LogP contribution in [0.4, 0.5) is 5.69 Å². The summed E-state index contributed by atoms with van der Waals surface area (Å²) >= 11 is 6.03. The molecule has 2 aromatic rings. The van der Waals surface area contributed by atoms with Gasteiger partial charge in [-0.3, -0.25) is 4.79 Å². The predicted octanol–water partition coefficient (Wildman–Crippen LogP) is 3.11. The largest absolute Gasteiger partial charge is 0.339 e. The maximum atomic E-state index is 12.2. The summed E-state index contributed by atoms with van der Waals surface area (Å²) in [6, 6.07) is 5.60. The van der Waals surface area contributed by atoms with Crippen LogP contribution in [0.1, 0.15) is 36.5 Å². The molecule has 2 heterocycles. The molecule has 1 aliphatic rings. The first kappa shape index (κ1) is 14.1. The van der Waals surface area contributed by atoms with Crippen molar-refractivity contribution in [3.05, 3.63) is 40.5 Å². The van der Waals surface area contributed by atoms with E-state index in [0.717, 1.165) is 17.7 Å². The lowest BCUT2D eigenvalue weighted by molar-refractivity contribution is -0.117. The highest BCUT2D eigenvalue weighted by Gasteiger charge is 2.35. The molecule has 0 aliphatic carbocycles. The van der Waals surface area contributed by atoms with Gasteiger partial charge in [0, 0.05) is 30.1 Å². The van der Waals surface area contributed by atoms with E-state index in [1.807, 2.05) is 32.0 Å². The third kappa shape index (κ3) is 2.65. The van der Waals surface area contributed by atoms with Crippen molar-refractivity contribution in [2.45, 2.75) is 32.6 Å². The molecule has 3 rings (SSSR count). The van der Waals surface area contributed by atoms with E-state index in [9.17, 15) is 4.79 Å². The number of hydrogen-bond acceptors (Lipinski definition) is 4. The number of aromatic nitrogens is 2. The minimum atomic E-state index is -0.0405. The molecule has 0 spiro atoms. The van der Waals surface area contributed by atoms with Crippen LogP contribution in [0.25, 0.3) is 0 Å². The normalized spacial score (nSPS) is 18.5. The molecule has 1 fully saturated rings. The van der Waals surface area contributed by atoms with Gasteiger partial charge in [0.25, 0.3) is 0 Å². The van der Waals surface area contributed by atoms with Crippen molar-refractivity contribution in [2.75, 3.05) is 11.4 Å². The van der Waals surface area contributed by atoms with Gasteiger partial charge in [-0.1, -0.05) is 23.7 Å². The van der Waals surface area contributed by atoms with Gasteiger partial charge < -0.3 is 9.42 Å². The van der Waals surface area contributed by atoms with E-state index < -0.39 is 0 Å². The third-order valence-corrected chi connectivity index (χ3v) is 4.15. The SMILES string of the molecule is CCc1noc(C2CC(=O)N(c3ccc(Cl)c(C)c3)C2)n1. The zero-order valence-corrected chi connectivity index (χ0v) is 12.7. The number of aryl methyl sites for hydroxylation is 2. The van der Waals surface area contributed by atoms with Gasteiger partial charge in [-0.05, 0) is 30.7 Å². The minimum Gasteiger partial charge on any atom is -0.339 e. The molecule has 1 atom stereocenters. The molecule has 1 aromatic carbocycles. The summed E-state index contributed by atoms with van der Waals surface area (Å²) in [6.07, 6.45) is 1.12. The van der Waals surface area contributed by atoms with Crippen molar-refractivity contribution in [2.24, 2.45) is 0 Å². The Morgan fingerprint density at radius 2 is 2.29 bits per heavy atom. The molecule has 0 saturated carbocycles. The highest BCUT2D eigenvalue weighted by molar-refractivity contribution is 6.31. The fraction of sp³-hybridized carbons (Fsp3) is 0.400. The second kappa shape index (κ2) is 5.48. The van der Waals surface area contributed by atoms with E-state index in [1.54, 1.807) is 4.90 Å². The molecular formula is C15H16ClN3O2. The van der Waals surface area contributed by atoms with Crippen molar-refractivity contribution in [1.82, 2.24) is 10.1 Å². The maximum Gasteiger partial charge on any atom is 0.232 e. The Hall–Kier alpha value is -1.88. The number of halogens is 1. The number of benzene rings is 1. The van der Waals surface area contributed by atoms with Crippen LogP contribution in [0, 0.1) is 6.92 Å². The average Bonchev–Trinajstić information content (AvgIpc) is 3.08. The standard InChI is InChI=1S/C15H16ClN3O2/c1-3-13-17-15(21-18-13)10-7-14(20)19(8-10)11-4-5-12(16)9(2)6-11/h4-6,10H,3,7-8H2,1-2H3. The van der Waals surface area contributed by atoms with Crippen molar-refractivity contribution >= 4 is 23.2 Å². The van der Waals surface area contributed by atoms with Crippen molar-refractivity contribution in [1.29, 1.82) is 0 Å². The Labute approximate surface area is 127 Å². The molecule has 5 nitrogen and oxygen atoms in total. The fourth-order valence-electron chi connectivity index (χ4n) is 2.50. The molecular weight excluding hydrogens is 290 g/mol. The lowest BCUT2D eigenvalue weighted by Gasteiger charge is -2.17. The van der Waals surface area contributed by atoms with Crippen molar-refractivity contribution < 1.29 is 9.32 Å². The van der Waals surface area contributed by atoms with Crippen LogP contribution in [-0.2, 0) is 11.2 Å². The number of amides is 1. The molecule has 0 bridgehead atoms. The van der Waals surface area contributed by atoms with E-state index in [4.69, 9.17) is 16.1 Å².